The molecular weight excluding hydrogens is 1100 g/mol. The number of nitrogens with zero attached hydrogens (tertiary/aromatic N) is 10. The number of H-pyrrole nitrogens is 2. The molecule has 0 unspecified atom stereocenters. The van der Waals surface area contributed by atoms with Crippen LogP contribution in [-0.4, -0.2) is 141 Å². The van der Waals surface area contributed by atoms with Crippen molar-refractivity contribution in [1.82, 2.24) is 60.2 Å². The molecule has 9 heterocycles. The van der Waals surface area contributed by atoms with Crippen LogP contribution in [0.25, 0.3) is 66.0 Å². The van der Waals surface area contributed by atoms with Crippen molar-refractivity contribution in [3.8, 4) is 34.1 Å². The van der Waals surface area contributed by atoms with E-state index in [0.29, 0.717) is 77.3 Å². The number of aryl methyl sites for hydroxylation is 2. The molecule has 2 bridgehead atoms. The minimum atomic E-state index is -1.07. The predicted molar refractivity (Wildman–Crippen MR) is 322 cm³/mol. The van der Waals surface area contributed by atoms with Gasteiger partial charge in [-0.1, -0.05) is 44.2 Å². The van der Waals surface area contributed by atoms with Crippen LogP contribution in [0, 0.1) is 17.7 Å². The number of nitroso groups, excluding NO2 is 1. The van der Waals surface area contributed by atoms with Crippen LogP contribution in [0.15, 0.2) is 89.2 Å². The van der Waals surface area contributed by atoms with Crippen LogP contribution >= 0.6 is 0 Å². The van der Waals surface area contributed by atoms with E-state index < -0.39 is 54.1 Å². The highest BCUT2D eigenvalue weighted by Crippen LogP contribution is 2.53. The van der Waals surface area contributed by atoms with Gasteiger partial charge in [0.1, 0.15) is 41.8 Å². The number of carbonyl (C=O) groups is 2. The van der Waals surface area contributed by atoms with Crippen molar-refractivity contribution in [2.45, 2.75) is 128 Å². The van der Waals surface area contributed by atoms with E-state index in [1.807, 2.05) is 68.0 Å². The number of aliphatic hydroxyl groups is 2. The van der Waals surface area contributed by atoms with E-state index in [1.165, 1.54) is 9.58 Å². The second-order valence-electron chi connectivity index (χ2n) is 24.1. The van der Waals surface area contributed by atoms with Crippen LogP contribution in [0.2, 0.25) is 0 Å². The summed E-state index contributed by atoms with van der Waals surface area (Å²) in [6.07, 6.45) is 8.39. The van der Waals surface area contributed by atoms with Crippen LogP contribution < -0.4 is 30.6 Å². The maximum Gasteiger partial charge on any atom is 0.319 e. The Morgan fingerprint density at radius 1 is 0.930 bits per heavy atom. The first kappa shape index (κ1) is 55.2. The molecule has 444 valence electrons. The van der Waals surface area contributed by atoms with Crippen molar-refractivity contribution in [2.75, 3.05) is 44.4 Å². The number of aromatic nitrogens is 9. The topological polar surface area (TPSA) is 285 Å². The molecule has 9 aromatic rings. The Labute approximate surface area is 493 Å². The molecule has 14 rings (SSSR count). The zero-order chi connectivity index (χ0) is 59.1. The van der Waals surface area contributed by atoms with Gasteiger partial charge in [0.05, 0.1) is 49.4 Å². The van der Waals surface area contributed by atoms with Gasteiger partial charge in [-0.2, -0.15) is 25.3 Å². The highest BCUT2D eigenvalue weighted by Gasteiger charge is 2.44. The first-order valence-electron chi connectivity index (χ1n) is 30.0. The summed E-state index contributed by atoms with van der Waals surface area (Å²) in [6, 6.07) is 17.0. The molecule has 5 aromatic heterocycles. The van der Waals surface area contributed by atoms with Gasteiger partial charge in [0.15, 0.2) is 11.3 Å². The number of likely N-dealkylation sites (tertiary alicyclic amines) is 1. The van der Waals surface area contributed by atoms with Gasteiger partial charge in [-0.25, -0.2) is 0 Å². The number of β-amino-alcohol motifs (C(OH)–C–C–N with tert-alkyl or cyclic N) is 1. The Balaban J connectivity index is 0.808. The first-order valence-corrected chi connectivity index (χ1v) is 30.0. The molecule has 23 heteroatoms. The Kier molecular flexibility index (Phi) is 14.3. The van der Waals surface area contributed by atoms with Crippen molar-refractivity contribution in [2.24, 2.45) is 11.1 Å². The number of rotatable bonds is 18. The van der Waals surface area contributed by atoms with Gasteiger partial charge in [-0.05, 0) is 108 Å². The van der Waals surface area contributed by atoms with Gasteiger partial charge in [-0.15, -0.1) is 4.91 Å². The Bertz CT molecular complexity index is 4180. The van der Waals surface area contributed by atoms with E-state index in [1.54, 1.807) is 24.5 Å². The lowest BCUT2D eigenvalue weighted by molar-refractivity contribution is -0.142. The highest BCUT2D eigenvalue weighted by molar-refractivity contribution is 6.07. The zero-order valence-electron chi connectivity index (χ0n) is 48.3. The molecule has 6 N–H and O–H groups in total. The van der Waals surface area contributed by atoms with Crippen LogP contribution in [0.5, 0.6) is 11.8 Å². The van der Waals surface area contributed by atoms with Gasteiger partial charge >= 0.3 is 6.01 Å². The van der Waals surface area contributed by atoms with Gasteiger partial charge in [0, 0.05) is 108 Å². The largest absolute Gasteiger partial charge is 0.486 e. The van der Waals surface area contributed by atoms with Crippen LogP contribution in [0.3, 0.4) is 0 Å². The summed E-state index contributed by atoms with van der Waals surface area (Å²) in [6.45, 7) is 10.5. The molecule has 1 aliphatic carbocycles. The van der Waals surface area contributed by atoms with E-state index in [4.69, 9.17) is 29.3 Å². The average molecular weight is 1170 g/mol. The number of benzene rings is 4. The van der Waals surface area contributed by atoms with Crippen molar-refractivity contribution in [3.63, 3.8) is 0 Å². The summed E-state index contributed by atoms with van der Waals surface area (Å²) >= 11 is 0. The zero-order valence-corrected chi connectivity index (χ0v) is 48.3. The molecule has 0 radical (unpaired) electrons. The summed E-state index contributed by atoms with van der Waals surface area (Å²) < 4.78 is 22.9. The second kappa shape index (κ2) is 22.3. The standard InChI is InChI=1S/C63H68N14O9/c1-5-76-51(14-17-66-76)36-11-9-35(10-12-36)50(30-78)68-60(80)52-22-40(79)28-75(52)62(82)57(32(2)3)77-29-46-43-24-48(73-83)37(20-49(43)67-61(81)56(46)72-77)31-85-58-54(53-33(4)6-13-47-45(53)26-65-71-47)42(34-7-8-34)23-44-55(58)69-63(86-41-15-18-84-19-16-41)70-59(44)74-27-38-21-39(74)25-64-38/h6,9-14,17,20,23-24,26,29,32,34,38-41,50,52,57,64,78-79H,5,7-8,15-16,18-19,21-22,25,27-28,30-31H2,1-4H3,(H,65,71)(H,67,81)(H,68,80)/t38-,39-,40+,50-,52-,57-/m0/s1. The summed E-state index contributed by atoms with van der Waals surface area (Å²) in [7, 11) is 0. The maximum absolute atomic E-state index is 14.9. The fraction of sp³-hybridized carbons (Fsp3) is 0.429. The third-order valence-corrected chi connectivity index (χ3v) is 18.1. The smallest absolute Gasteiger partial charge is 0.319 e. The van der Waals surface area contributed by atoms with Crippen molar-refractivity contribution in [3.05, 3.63) is 117 Å². The molecule has 23 nitrogen and oxygen atoms in total. The average Bonchev–Trinajstić information content (AvgIpc) is 1.47. The molecule has 4 aliphatic heterocycles. The highest BCUT2D eigenvalue weighted by atomic mass is 16.5. The van der Waals surface area contributed by atoms with Crippen LogP contribution in [0.4, 0.5) is 11.5 Å². The number of aliphatic hydroxyl groups excluding tert-OH is 2. The Morgan fingerprint density at radius 3 is 2.49 bits per heavy atom. The molecule has 5 aliphatic rings. The number of hydrogen-bond donors (Lipinski definition) is 6. The number of hydrogen-bond acceptors (Lipinski definition) is 17. The van der Waals surface area contributed by atoms with E-state index in [-0.39, 0.29) is 54.9 Å². The summed E-state index contributed by atoms with van der Waals surface area (Å²) in [5.74, 6) is 0.0841. The fourth-order valence-corrected chi connectivity index (χ4v) is 13.6. The van der Waals surface area contributed by atoms with Crippen molar-refractivity contribution >= 4 is 66.9 Å². The maximum atomic E-state index is 14.9. The van der Waals surface area contributed by atoms with E-state index in [2.05, 4.69) is 60.0 Å². The quantitative estimate of drug-likeness (QED) is 0.0453. The minimum absolute atomic E-state index is 0.0246. The van der Waals surface area contributed by atoms with E-state index in [9.17, 15) is 29.5 Å². The second-order valence-corrected chi connectivity index (χ2v) is 24.1. The third kappa shape index (κ3) is 9.88. The molecular formula is C63H68N14O9. The lowest BCUT2D eigenvalue weighted by Gasteiger charge is -2.31. The monoisotopic (exact) mass is 1160 g/mol. The molecule has 5 fully saturated rings. The van der Waals surface area contributed by atoms with Gasteiger partial charge < -0.3 is 49.8 Å². The fourth-order valence-electron chi connectivity index (χ4n) is 13.6. The lowest BCUT2D eigenvalue weighted by Crippen LogP contribution is -2.50. The van der Waals surface area contributed by atoms with Crippen LogP contribution in [-0.2, 0) is 27.5 Å². The number of amides is 2. The van der Waals surface area contributed by atoms with Gasteiger partial charge in [0.25, 0.3) is 5.56 Å². The van der Waals surface area contributed by atoms with Crippen molar-refractivity contribution < 1.29 is 34.0 Å². The molecule has 6 atom stereocenters. The summed E-state index contributed by atoms with van der Waals surface area (Å²) in [5, 5.41) is 51.0. The molecule has 1 saturated carbocycles. The molecule has 2 amide bonds. The Morgan fingerprint density at radius 2 is 1.76 bits per heavy atom. The molecule has 4 saturated heterocycles. The number of piperazine rings is 1. The predicted octanol–water partition coefficient (Wildman–Crippen LogP) is 7.53. The van der Waals surface area contributed by atoms with E-state index in [0.717, 1.165) is 88.0 Å². The molecule has 86 heavy (non-hydrogen) atoms. The van der Waals surface area contributed by atoms with E-state index >= 15 is 0 Å². The summed E-state index contributed by atoms with van der Waals surface area (Å²) in [4.78, 5) is 73.8. The molecule has 0 spiro atoms. The minimum Gasteiger partial charge on any atom is -0.486 e. The number of carbonyl (C=O) groups excluding carboxylic acids is 2. The van der Waals surface area contributed by atoms with Gasteiger partial charge in [0.2, 0.25) is 11.8 Å². The van der Waals surface area contributed by atoms with Gasteiger partial charge in [-0.3, -0.25) is 28.8 Å². The summed E-state index contributed by atoms with van der Waals surface area (Å²) in [5.41, 5.74) is 8.20. The number of nitrogens with one attached hydrogen (secondary N) is 4. The first-order chi connectivity index (χ1) is 41.8. The Hall–Kier alpha value is -8.64. The van der Waals surface area contributed by atoms with Crippen molar-refractivity contribution in [1.29, 1.82) is 0 Å². The number of pyridine rings is 1. The number of fused-ring (bicyclic) bond motifs is 7. The number of anilines is 1. The third-order valence-electron chi connectivity index (χ3n) is 18.1. The SMILES string of the molecule is CCn1nccc1-c1ccc([C@H](CO)NC(=O)[C@@H]2C[C@@H](O)CN2C(=O)[C@H](C(C)C)n2cc3c(n2)c(=O)[nH]c2cc(COc4c(-c5c(C)ccc6[nH]ncc56)c(C5CC5)cc5c(N6C[C@@H]7C[C@H]6CN7)nc(OC6CCOCC6)nc45)c(N=O)cc23)cc1. The number of ether oxygens (including phenoxy) is 3. The molecule has 4 aromatic carbocycles. The normalized spacial score (nSPS) is 20.5. The van der Waals surface area contributed by atoms with Crippen LogP contribution in [0.1, 0.15) is 99.6 Å². The lowest BCUT2D eigenvalue weighted by atomic mass is 9.89. The number of aromatic amines is 2.